The van der Waals surface area contributed by atoms with E-state index >= 15 is 0 Å². The maximum atomic E-state index is 11.5. The fourth-order valence-corrected chi connectivity index (χ4v) is 2.77. The van der Waals surface area contributed by atoms with Crippen molar-refractivity contribution >= 4 is 10.8 Å². The summed E-state index contributed by atoms with van der Waals surface area (Å²) in [6, 6.07) is 0.433. The minimum Gasteiger partial charge on any atom is -0.316 e. The quantitative estimate of drug-likeness (QED) is 0.613. The zero-order chi connectivity index (χ0) is 10.1. The normalized spacial score (nSPS) is 15.6. The predicted molar refractivity (Wildman–Crippen MR) is 60.5 cm³/mol. The molecule has 2 unspecified atom stereocenters. The van der Waals surface area contributed by atoms with Crippen LogP contribution in [0, 0.1) is 0 Å². The number of rotatable bonds is 8. The topological polar surface area (TPSA) is 29.1 Å². The standard InChI is InChI=1S/C10H23NOS/c1-4-6-7-8-13(12)9-10(5-2)11-3/h10-11H,4-9H2,1-3H3. The Morgan fingerprint density at radius 2 is 2.00 bits per heavy atom. The highest BCUT2D eigenvalue weighted by Gasteiger charge is 2.07. The van der Waals surface area contributed by atoms with Crippen LogP contribution in [0.2, 0.25) is 0 Å². The number of hydrogen-bond acceptors (Lipinski definition) is 2. The lowest BCUT2D eigenvalue weighted by Crippen LogP contribution is -2.30. The molecule has 0 aromatic rings. The van der Waals surface area contributed by atoms with E-state index in [1.54, 1.807) is 0 Å². The highest BCUT2D eigenvalue weighted by Crippen LogP contribution is 1.99. The van der Waals surface area contributed by atoms with Crippen molar-refractivity contribution in [1.29, 1.82) is 0 Å². The van der Waals surface area contributed by atoms with E-state index in [2.05, 4.69) is 19.2 Å². The van der Waals surface area contributed by atoms with Crippen molar-refractivity contribution in [2.75, 3.05) is 18.6 Å². The van der Waals surface area contributed by atoms with Gasteiger partial charge in [0.2, 0.25) is 0 Å². The van der Waals surface area contributed by atoms with Crippen molar-refractivity contribution in [3.8, 4) is 0 Å². The molecular weight excluding hydrogens is 182 g/mol. The van der Waals surface area contributed by atoms with Gasteiger partial charge in [0.05, 0.1) is 0 Å². The molecule has 0 amide bonds. The Morgan fingerprint density at radius 3 is 2.46 bits per heavy atom. The van der Waals surface area contributed by atoms with Crippen LogP contribution in [0.3, 0.4) is 0 Å². The van der Waals surface area contributed by atoms with Gasteiger partial charge in [0, 0.05) is 28.3 Å². The zero-order valence-corrected chi connectivity index (χ0v) is 9.95. The fourth-order valence-electron chi connectivity index (χ4n) is 1.23. The van der Waals surface area contributed by atoms with Crippen LogP contribution in [-0.4, -0.2) is 28.8 Å². The third-order valence-electron chi connectivity index (χ3n) is 2.26. The summed E-state index contributed by atoms with van der Waals surface area (Å²) in [4.78, 5) is 0. The van der Waals surface area contributed by atoms with E-state index in [1.165, 1.54) is 12.8 Å². The largest absolute Gasteiger partial charge is 0.316 e. The fraction of sp³-hybridized carbons (Fsp3) is 1.00. The summed E-state index contributed by atoms with van der Waals surface area (Å²) < 4.78 is 11.5. The van der Waals surface area contributed by atoms with Gasteiger partial charge < -0.3 is 5.32 Å². The first-order valence-corrected chi connectivity index (χ1v) is 6.75. The summed E-state index contributed by atoms with van der Waals surface area (Å²) in [6.45, 7) is 4.30. The minimum atomic E-state index is -0.614. The summed E-state index contributed by atoms with van der Waals surface area (Å²) in [5.74, 6) is 1.70. The molecule has 0 saturated heterocycles. The Balaban J connectivity index is 3.48. The van der Waals surface area contributed by atoms with Gasteiger partial charge in [0.15, 0.2) is 0 Å². The lowest BCUT2D eigenvalue weighted by molar-refractivity contribution is 0.589. The molecule has 0 saturated carbocycles. The molecular formula is C10H23NOS. The molecule has 0 aliphatic heterocycles. The van der Waals surface area contributed by atoms with Gasteiger partial charge in [0.1, 0.15) is 0 Å². The number of unbranched alkanes of at least 4 members (excludes halogenated alkanes) is 2. The lowest BCUT2D eigenvalue weighted by Gasteiger charge is -2.12. The summed E-state index contributed by atoms with van der Waals surface area (Å²) in [7, 11) is 1.33. The maximum Gasteiger partial charge on any atom is 0.0388 e. The van der Waals surface area contributed by atoms with Gasteiger partial charge in [-0.1, -0.05) is 26.7 Å². The number of nitrogens with one attached hydrogen (secondary N) is 1. The maximum absolute atomic E-state index is 11.5. The Bertz CT molecular complexity index is 135. The Hall–Kier alpha value is 0.110. The van der Waals surface area contributed by atoms with Crippen LogP contribution >= 0.6 is 0 Å². The van der Waals surface area contributed by atoms with Crippen LogP contribution < -0.4 is 5.32 Å². The second-order valence-electron chi connectivity index (χ2n) is 3.41. The van der Waals surface area contributed by atoms with Gasteiger partial charge in [-0.3, -0.25) is 4.21 Å². The van der Waals surface area contributed by atoms with Crippen molar-refractivity contribution < 1.29 is 4.21 Å². The molecule has 0 aromatic carbocycles. The molecule has 0 rings (SSSR count). The van der Waals surface area contributed by atoms with Crippen molar-refractivity contribution in [1.82, 2.24) is 5.32 Å². The third kappa shape index (κ3) is 7.20. The van der Waals surface area contributed by atoms with Crippen LogP contribution in [0.25, 0.3) is 0 Å². The highest BCUT2D eigenvalue weighted by atomic mass is 32.2. The Kier molecular flexibility index (Phi) is 8.77. The van der Waals surface area contributed by atoms with Crippen LogP contribution in [-0.2, 0) is 10.8 Å². The van der Waals surface area contributed by atoms with E-state index in [0.29, 0.717) is 6.04 Å². The zero-order valence-electron chi connectivity index (χ0n) is 9.14. The first kappa shape index (κ1) is 13.1. The molecule has 0 aliphatic carbocycles. The van der Waals surface area contributed by atoms with E-state index in [0.717, 1.165) is 24.3 Å². The molecule has 0 aromatic heterocycles. The van der Waals surface area contributed by atoms with Crippen LogP contribution in [0.15, 0.2) is 0 Å². The molecule has 3 heteroatoms. The van der Waals surface area contributed by atoms with Crippen molar-refractivity contribution in [3.05, 3.63) is 0 Å². The molecule has 0 fully saturated rings. The van der Waals surface area contributed by atoms with E-state index in [9.17, 15) is 4.21 Å². The van der Waals surface area contributed by atoms with E-state index in [1.807, 2.05) is 7.05 Å². The lowest BCUT2D eigenvalue weighted by atomic mass is 10.3. The highest BCUT2D eigenvalue weighted by molar-refractivity contribution is 7.85. The summed E-state index contributed by atoms with van der Waals surface area (Å²) in [5.41, 5.74) is 0. The first-order chi connectivity index (χ1) is 6.24. The van der Waals surface area contributed by atoms with Gasteiger partial charge >= 0.3 is 0 Å². The first-order valence-electron chi connectivity index (χ1n) is 5.26. The monoisotopic (exact) mass is 205 g/mol. The SMILES string of the molecule is CCCCCS(=O)CC(CC)NC. The van der Waals surface area contributed by atoms with Crippen LogP contribution in [0.5, 0.6) is 0 Å². The van der Waals surface area contributed by atoms with E-state index in [4.69, 9.17) is 0 Å². The van der Waals surface area contributed by atoms with Gasteiger partial charge in [-0.05, 0) is 19.9 Å². The smallest absolute Gasteiger partial charge is 0.0388 e. The minimum absolute atomic E-state index is 0.433. The molecule has 0 spiro atoms. The van der Waals surface area contributed by atoms with E-state index < -0.39 is 10.8 Å². The number of hydrogen-bond donors (Lipinski definition) is 1. The molecule has 80 valence electrons. The van der Waals surface area contributed by atoms with Gasteiger partial charge in [-0.15, -0.1) is 0 Å². The summed E-state index contributed by atoms with van der Waals surface area (Å²) in [5, 5.41) is 3.18. The second kappa shape index (κ2) is 8.70. The molecule has 0 radical (unpaired) electrons. The summed E-state index contributed by atoms with van der Waals surface area (Å²) in [6.07, 6.45) is 4.60. The van der Waals surface area contributed by atoms with Crippen molar-refractivity contribution in [2.45, 2.75) is 45.6 Å². The van der Waals surface area contributed by atoms with Crippen molar-refractivity contribution in [2.24, 2.45) is 0 Å². The molecule has 0 bridgehead atoms. The van der Waals surface area contributed by atoms with Crippen LogP contribution in [0.4, 0.5) is 0 Å². The molecule has 2 atom stereocenters. The van der Waals surface area contributed by atoms with Gasteiger partial charge in [-0.25, -0.2) is 0 Å². The Morgan fingerprint density at radius 1 is 1.31 bits per heavy atom. The third-order valence-corrected chi connectivity index (χ3v) is 3.78. The Labute approximate surface area is 84.9 Å². The average Bonchev–Trinajstić information content (AvgIpc) is 2.14. The van der Waals surface area contributed by atoms with Gasteiger partial charge in [0.25, 0.3) is 0 Å². The molecule has 0 heterocycles. The molecule has 2 nitrogen and oxygen atoms in total. The molecule has 1 N–H and O–H groups in total. The van der Waals surface area contributed by atoms with Crippen LogP contribution in [0.1, 0.15) is 39.5 Å². The average molecular weight is 205 g/mol. The van der Waals surface area contributed by atoms with Crippen molar-refractivity contribution in [3.63, 3.8) is 0 Å². The molecule has 0 aliphatic rings. The van der Waals surface area contributed by atoms with Gasteiger partial charge in [-0.2, -0.15) is 0 Å². The summed E-state index contributed by atoms with van der Waals surface area (Å²) >= 11 is 0. The van der Waals surface area contributed by atoms with E-state index in [-0.39, 0.29) is 0 Å². The predicted octanol–water partition coefficient (Wildman–Crippen LogP) is 1.92. The second-order valence-corrected chi connectivity index (χ2v) is 5.03. The molecule has 13 heavy (non-hydrogen) atoms.